The third-order valence-corrected chi connectivity index (χ3v) is 5.82. The minimum atomic E-state index is -0.639. The van der Waals surface area contributed by atoms with E-state index in [0.29, 0.717) is 47.5 Å². The van der Waals surface area contributed by atoms with Crippen LogP contribution in [0.4, 0.5) is 5.82 Å². The zero-order valence-corrected chi connectivity index (χ0v) is 21.6. The van der Waals surface area contributed by atoms with Crippen molar-refractivity contribution in [3.05, 3.63) is 65.2 Å². The van der Waals surface area contributed by atoms with Gasteiger partial charge < -0.3 is 24.7 Å². The highest BCUT2D eigenvalue weighted by atomic mass is 16.6. The summed E-state index contributed by atoms with van der Waals surface area (Å²) < 4.78 is 23.2. The van der Waals surface area contributed by atoms with Crippen molar-refractivity contribution in [2.24, 2.45) is 5.92 Å². The van der Waals surface area contributed by atoms with Gasteiger partial charge in [0.15, 0.2) is 0 Å². The first-order valence-corrected chi connectivity index (χ1v) is 12.2. The molecular formula is C29H34N2O5. The van der Waals surface area contributed by atoms with E-state index < -0.39 is 11.6 Å². The van der Waals surface area contributed by atoms with Crippen LogP contribution in [0, 0.1) is 12.8 Å². The third-order valence-electron chi connectivity index (χ3n) is 5.82. The smallest absolute Gasteiger partial charge is 0.342 e. The van der Waals surface area contributed by atoms with Crippen LogP contribution >= 0.6 is 0 Å². The number of anilines is 1. The normalized spacial score (nSPS) is 13.2. The average molecular weight is 491 g/mol. The molecule has 2 aromatic carbocycles. The number of nitrogens with two attached hydrogens (primary N) is 1. The van der Waals surface area contributed by atoms with Crippen molar-refractivity contribution in [1.82, 2.24) is 4.98 Å². The fourth-order valence-corrected chi connectivity index (χ4v) is 3.80. The molecule has 7 nitrogen and oxygen atoms in total. The quantitative estimate of drug-likeness (QED) is 0.369. The number of methoxy groups -OCH3 is 1. The first kappa shape index (κ1) is 25.4. The molecule has 36 heavy (non-hydrogen) atoms. The second kappa shape index (κ2) is 10.5. The molecule has 0 atom stereocenters. The number of esters is 1. The van der Waals surface area contributed by atoms with E-state index >= 15 is 0 Å². The largest absolute Gasteiger partial charge is 0.497 e. The standard InChI is InChI=1S/C29H34N2O5/c1-18-15-22(31-27(30)25(18)28(32)36-29(2,3)4)26-23(34-16-19-9-10-19)7-6-8-24(26)35-17-20-11-13-21(33-5)14-12-20/h6-8,11-15,19H,9-10,16-17H2,1-5H3,(H2,30,31). The molecule has 1 saturated carbocycles. The second-order valence-electron chi connectivity index (χ2n) is 10.1. The van der Waals surface area contributed by atoms with Crippen molar-refractivity contribution in [2.45, 2.75) is 52.7 Å². The van der Waals surface area contributed by atoms with E-state index in [2.05, 4.69) is 4.98 Å². The minimum absolute atomic E-state index is 0.109. The van der Waals surface area contributed by atoms with Crippen molar-refractivity contribution in [2.75, 3.05) is 19.5 Å². The third kappa shape index (κ3) is 6.27. The molecule has 1 aromatic heterocycles. The number of aromatic nitrogens is 1. The van der Waals surface area contributed by atoms with Crippen LogP contribution in [0.15, 0.2) is 48.5 Å². The maximum Gasteiger partial charge on any atom is 0.342 e. The number of pyridine rings is 1. The number of nitrogen functional groups attached to an aromatic ring is 1. The number of rotatable bonds is 9. The molecule has 7 heteroatoms. The first-order valence-electron chi connectivity index (χ1n) is 12.2. The Bertz CT molecular complexity index is 1200. The van der Waals surface area contributed by atoms with Gasteiger partial charge in [-0.05, 0) is 87.9 Å². The fourth-order valence-electron chi connectivity index (χ4n) is 3.80. The summed E-state index contributed by atoms with van der Waals surface area (Å²) in [7, 11) is 1.64. The summed E-state index contributed by atoms with van der Waals surface area (Å²) in [5, 5.41) is 0. The number of hydrogen-bond acceptors (Lipinski definition) is 7. The van der Waals surface area contributed by atoms with Gasteiger partial charge in [0.1, 0.15) is 40.8 Å². The van der Waals surface area contributed by atoms with Crippen LogP contribution in [-0.4, -0.2) is 30.3 Å². The summed E-state index contributed by atoms with van der Waals surface area (Å²) in [6, 6.07) is 15.2. The fraction of sp³-hybridized carbons (Fsp3) is 0.379. The van der Waals surface area contributed by atoms with Gasteiger partial charge in [-0.1, -0.05) is 18.2 Å². The Kier molecular flexibility index (Phi) is 7.38. The second-order valence-corrected chi connectivity index (χ2v) is 10.1. The first-order chi connectivity index (χ1) is 17.1. The van der Waals surface area contributed by atoms with Crippen molar-refractivity contribution >= 4 is 11.8 Å². The lowest BCUT2D eigenvalue weighted by Crippen LogP contribution is -2.25. The molecule has 3 aromatic rings. The number of carbonyl (C=O) groups excluding carboxylic acids is 1. The number of benzene rings is 2. The molecule has 0 unspecified atom stereocenters. The Morgan fingerprint density at radius 1 is 1.06 bits per heavy atom. The van der Waals surface area contributed by atoms with Crippen LogP contribution in [0.5, 0.6) is 17.2 Å². The molecule has 2 N–H and O–H groups in total. The Morgan fingerprint density at radius 3 is 2.31 bits per heavy atom. The van der Waals surface area contributed by atoms with Crippen molar-refractivity contribution in [3.63, 3.8) is 0 Å². The monoisotopic (exact) mass is 490 g/mol. The molecule has 0 bridgehead atoms. The molecule has 1 aliphatic carbocycles. The van der Waals surface area contributed by atoms with Gasteiger partial charge in [0, 0.05) is 0 Å². The van der Waals surface area contributed by atoms with Gasteiger partial charge in [-0.3, -0.25) is 0 Å². The average Bonchev–Trinajstić information content (AvgIpc) is 3.64. The number of aryl methyl sites for hydroxylation is 1. The van der Waals surface area contributed by atoms with Gasteiger partial charge in [-0.15, -0.1) is 0 Å². The summed E-state index contributed by atoms with van der Waals surface area (Å²) in [4.78, 5) is 17.4. The predicted molar refractivity (Wildman–Crippen MR) is 140 cm³/mol. The Balaban J connectivity index is 1.68. The zero-order valence-electron chi connectivity index (χ0n) is 21.6. The highest BCUT2D eigenvalue weighted by Crippen LogP contribution is 2.40. The molecular weight excluding hydrogens is 456 g/mol. The van der Waals surface area contributed by atoms with Crippen LogP contribution in [0.25, 0.3) is 11.3 Å². The topological polar surface area (TPSA) is 92.9 Å². The molecule has 1 aliphatic rings. The SMILES string of the molecule is COc1ccc(COc2cccc(OCC3CC3)c2-c2cc(C)c(C(=O)OC(C)(C)C)c(N)n2)cc1. The Hall–Kier alpha value is -3.74. The lowest BCUT2D eigenvalue weighted by Gasteiger charge is -2.21. The minimum Gasteiger partial charge on any atom is -0.497 e. The van der Waals surface area contributed by atoms with E-state index in [4.69, 9.17) is 24.7 Å². The zero-order chi connectivity index (χ0) is 25.9. The lowest BCUT2D eigenvalue weighted by atomic mass is 10.0. The van der Waals surface area contributed by atoms with Crippen molar-refractivity contribution in [3.8, 4) is 28.5 Å². The van der Waals surface area contributed by atoms with Gasteiger partial charge in [-0.2, -0.15) is 0 Å². The van der Waals surface area contributed by atoms with Gasteiger partial charge in [0.2, 0.25) is 0 Å². The number of carbonyl (C=O) groups is 1. The molecule has 1 fully saturated rings. The molecule has 1 heterocycles. The van der Waals surface area contributed by atoms with Gasteiger partial charge in [0.25, 0.3) is 0 Å². The van der Waals surface area contributed by atoms with Crippen molar-refractivity contribution < 1.29 is 23.7 Å². The van der Waals surface area contributed by atoms with Crippen LogP contribution in [0.3, 0.4) is 0 Å². The van der Waals surface area contributed by atoms with Crippen LogP contribution in [0.2, 0.25) is 0 Å². The Labute approximate surface area is 212 Å². The number of nitrogens with zero attached hydrogens (tertiary/aromatic N) is 1. The van der Waals surface area contributed by atoms with E-state index in [-0.39, 0.29) is 11.4 Å². The van der Waals surface area contributed by atoms with Crippen LogP contribution < -0.4 is 19.9 Å². The molecule has 4 rings (SSSR count). The van der Waals surface area contributed by atoms with Crippen LogP contribution in [0.1, 0.15) is 55.1 Å². The molecule has 0 radical (unpaired) electrons. The summed E-state index contributed by atoms with van der Waals surface area (Å²) in [6.07, 6.45) is 2.36. The molecule has 0 amide bonds. The van der Waals surface area contributed by atoms with Gasteiger partial charge in [-0.25, -0.2) is 9.78 Å². The summed E-state index contributed by atoms with van der Waals surface area (Å²) >= 11 is 0. The van der Waals surface area contributed by atoms with Gasteiger partial charge >= 0.3 is 5.97 Å². The van der Waals surface area contributed by atoms with E-state index in [1.165, 1.54) is 12.8 Å². The van der Waals surface area contributed by atoms with E-state index in [9.17, 15) is 4.79 Å². The highest BCUT2D eigenvalue weighted by molar-refractivity contribution is 5.97. The maximum absolute atomic E-state index is 12.8. The summed E-state index contributed by atoms with van der Waals surface area (Å²) in [5.41, 5.74) is 8.88. The van der Waals surface area contributed by atoms with E-state index in [1.807, 2.05) is 76.2 Å². The summed E-state index contributed by atoms with van der Waals surface area (Å²) in [6.45, 7) is 8.27. The summed E-state index contributed by atoms with van der Waals surface area (Å²) in [5.74, 6) is 2.27. The number of hydrogen-bond donors (Lipinski definition) is 1. The molecule has 0 aliphatic heterocycles. The van der Waals surface area contributed by atoms with E-state index in [0.717, 1.165) is 11.3 Å². The lowest BCUT2D eigenvalue weighted by molar-refractivity contribution is 0.00697. The van der Waals surface area contributed by atoms with Gasteiger partial charge in [0.05, 0.1) is 25.0 Å². The van der Waals surface area contributed by atoms with Crippen LogP contribution in [-0.2, 0) is 11.3 Å². The molecule has 0 spiro atoms. The van der Waals surface area contributed by atoms with E-state index in [1.54, 1.807) is 7.11 Å². The highest BCUT2D eigenvalue weighted by Gasteiger charge is 2.26. The van der Waals surface area contributed by atoms with Crippen molar-refractivity contribution in [1.29, 1.82) is 0 Å². The molecule has 190 valence electrons. The number of ether oxygens (including phenoxy) is 4. The Morgan fingerprint density at radius 2 is 1.72 bits per heavy atom. The predicted octanol–water partition coefficient (Wildman–Crippen LogP) is 5.97. The maximum atomic E-state index is 12.8. The molecule has 0 saturated heterocycles.